The zero-order valence-electron chi connectivity index (χ0n) is 40.1. The zero-order chi connectivity index (χ0) is 56.8. The molecule has 5 saturated heterocycles. The molecule has 0 aromatic heterocycles. The Hall–Kier alpha value is -2.30. The Kier molecular flexibility index (Phi) is 24.1. The summed E-state index contributed by atoms with van der Waals surface area (Å²) < 4.78 is 62.2. The van der Waals surface area contributed by atoms with E-state index in [-0.39, 0.29) is 12.8 Å². The van der Waals surface area contributed by atoms with Crippen LogP contribution in [0.5, 0.6) is 0 Å². The van der Waals surface area contributed by atoms with Crippen LogP contribution in [0.3, 0.4) is 0 Å². The largest absolute Gasteiger partial charge is 0.479 e. The third-order valence-electron chi connectivity index (χ3n) is 13.3. The summed E-state index contributed by atoms with van der Waals surface area (Å²) in [5, 5.41) is 224. The highest BCUT2D eigenvalue weighted by atomic mass is 16.8. The Labute approximate surface area is 429 Å². The number of carboxylic acids is 2. The number of aliphatic hydroxyl groups is 19. The quantitative estimate of drug-likeness (QED) is 0.0378. The van der Waals surface area contributed by atoms with Crippen molar-refractivity contribution in [2.24, 2.45) is 5.73 Å². The second-order valence-corrected chi connectivity index (χ2v) is 18.6. The summed E-state index contributed by atoms with van der Waals surface area (Å²) in [7, 11) is 0. The summed E-state index contributed by atoms with van der Waals surface area (Å²) in [5.74, 6) is -3.98. The van der Waals surface area contributed by atoms with Gasteiger partial charge >= 0.3 is 11.9 Å². The van der Waals surface area contributed by atoms with Crippen molar-refractivity contribution < 1.29 is 169 Å². The van der Waals surface area contributed by atoms with Gasteiger partial charge in [0.1, 0.15) is 128 Å². The molecule has 0 radical (unpaired) electrons. The molecule has 0 saturated carbocycles. The Morgan fingerprint density at radius 3 is 1.68 bits per heavy atom. The first kappa shape index (κ1) is 64.5. The molecule has 76 heavy (non-hydrogen) atoms. The van der Waals surface area contributed by atoms with Crippen molar-refractivity contribution in [3.05, 3.63) is 0 Å². The number of hydrogen-bond donors (Lipinski definition) is 22. The van der Waals surface area contributed by atoms with Crippen LogP contribution in [0.1, 0.15) is 19.8 Å². The van der Waals surface area contributed by atoms with Gasteiger partial charge in [-0.1, -0.05) is 6.92 Å². The number of nitrogens with two attached hydrogens (primary N) is 1. The lowest BCUT2D eigenvalue weighted by Gasteiger charge is -2.51. The van der Waals surface area contributed by atoms with E-state index < -0.39 is 235 Å². The lowest BCUT2D eigenvalue weighted by atomic mass is 9.92. The molecule has 0 aromatic rings. The molecule has 31 atom stereocenters. The van der Waals surface area contributed by atoms with E-state index in [0.717, 1.165) is 0 Å². The van der Waals surface area contributed by atoms with Gasteiger partial charge in [-0.15, -0.1) is 0 Å². The van der Waals surface area contributed by atoms with Gasteiger partial charge in [-0.25, -0.2) is 9.59 Å². The lowest BCUT2D eigenvalue weighted by Crippen LogP contribution is -2.70. The van der Waals surface area contributed by atoms with Crippen LogP contribution < -0.4 is 5.73 Å². The molecule has 0 spiro atoms. The second-order valence-electron chi connectivity index (χ2n) is 18.6. The van der Waals surface area contributed by atoms with E-state index in [9.17, 15) is 117 Å². The predicted octanol–water partition coefficient (Wildman–Crippen LogP) is -13.8. The maximum atomic E-state index is 12.3. The van der Waals surface area contributed by atoms with Crippen LogP contribution in [0.15, 0.2) is 0 Å². The van der Waals surface area contributed by atoms with Gasteiger partial charge in [0.2, 0.25) is 0 Å². The summed E-state index contributed by atoms with van der Waals surface area (Å²) >= 11 is 0. The van der Waals surface area contributed by atoms with Gasteiger partial charge < -0.3 is 165 Å². The molecule has 0 amide bonds. The lowest BCUT2D eigenvalue weighted by molar-refractivity contribution is -0.410. The van der Waals surface area contributed by atoms with Crippen molar-refractivity contribution in [3.8, 4) is 0 Å². The van der Waals surface area contributed by atoms with E-state index in [1.165, 1.54) is 6.92 Å². The number of carbonyl (C=O) groups is 2. The first-order chi connectivity index (χ1) is 35.8. The molecule has 444 valence electrons. The van der Waals surface area contributed by atoms with Crippen molar-refractivity contribution >= 4 is 11.9 Å². The summed E-state index contributed by atoms with van der Waals surface area (Å²) in [6.07, 6.45) is -66.9. The van der Waals surface area contributed by atoms with Gasteiger partial charge in [-0.05, 0) is 12.8 Å². The van der Waals surface area contributed by atoms with E-state index in [1.807, 2.05) is 0 Å². The molecular formula is C41H71NO34. The van der Waals surface area contributed by atoms with Crippen LogP contribution in [0.25, 0.3) is 0 Å². The molecule has 5 rings (SSSR count). The Bertz CT molecular complexity index is 1780. The Morgan fingerprint density at radius 1 is 0.553 bits per heavy atom. The monoisotopic (exact) mass is 1120 g/mol. The fourth-order valence-corrected chi connectivity index (χ4v) is 8.93. The number of hydrogen-bond acceptors (Lipinski definition) is 33. The first-order valence-electron chi connectivity index (χ1n) is 23.8. The minimum Gasteiger partial charge on any atom is -0.479 e. The van der Waals surface area contributed by atoms with Gasteiger partial charge in [-0.2, -0.15) is 0 Å². The van der Waals surface area contributed by atoms with Crippen molar-refractivity contribution in [2.75, 3.05) is 33.0 Å². The van der Waals surface area contributed by atoms with Crippen LogP contribution in [0, 0.1) is 0 Å². The first-order valence-corrected chi connectivity index (χ1v) is 23.8. The number of ether oxygens (including phenoxy) is 11. The fraction of sp³-hybridized carbons (Fsp3) is 0.951. The molecule has 35 heteroatoms. The van der Waals surface area contributed by atoms with Crippen LogP contribution >= 0.6 is 0 Å². The second kappa shape index (κ2) is 28.4. The van der Waals surface area contributed by atoms with Gasteiger partial charge in [0.05, 0.1) is 51.3 Å². The van der Waals surface area contributed by atoms with Gasteiger partial charge in [-0.3, -0.25) is 0 Å². The maximum Gasteiger partial charge on any atom is 0.360 e. The molecular weight excluding hydrogens is 1050 g/mol. The zero-order valence-corrected chi connectivity index (χ0v) is 40.1. The maximum absolute atomic E-state index is 12.3. The van der Waals surface area contributed by atoms with Crippen molar-refractivity contribution in [1.82, 2.24) is 0 Å². The van der Waals surface area contributed by atoms with Gasteiger partial charge in [0.15, 0.2) is 37.6 Å². The molecule has 0 aromatic carbocycles. The Morgan fingerprint density at radius 2 is 1.12 bits per heavy atom. The molecule has 0 aliphatic carbocycles. The van der Waals surface area contributed by atoms with Crippen LogP contribution in [-0.4, -0.2) is 342 Å². The summed E-state index contributed by atoms with van der Waals surface area (Å²) in [6.45, 7) is -3.97. The number of rotatable bonds is 25. The third kappa shape index (κ3) is 14.6. The van der Waals surface area contributed by atoms with Gasteiger partial charge in [0.25, 0.3) is 6.29 Å². The van der Waals surface area contributed by atoms with Crippen LogP contribution in [0.2, 0.25) is 0 Å². The van der Waals surface area contributed by atoms with Gasteiger partial charge in [0, 0.05) is 0 Å². The minimum atomic E-state index is -2.79. The molecule has 35 nitrogen and oxygen atoms in total. The topological polar surface area (TPSA) is 587 Å². The summed E-state index contributed by atoms with van der Waals surface area (Å²) in [5.41, 5.74) is 6.04. The summed E-state index contributed by atoms with van der Waals surface area (Å²) in [4.78, 5) is 23.7. The van der Waals surface area contributed by atoms with E-state index in [2.05, 4.69) is 0 Å². The predicted molar refractivity (Wildman–Crippen MR) is 230 cm³/mol. The molecule has 5 fully saturated rings. The highest BCUT2D eigenvalue weighted by molar-refractivity contribution is 5.73. The molecule has 5 aliphatic rings. The normalized spacial score (nSPS) is 44.3. The van der Waals surface area contributed by atoms with E-state index >= 15 is 0 Å². The van der Waals surface area contributed by atoms with E-state index in [4.69, 9.17) is 57.8 Å². The Balaban J connectivity index is 1.63. The van der Waals surface area contributed by atoms with Crippen LogP contribution in [0.4, 0.5) is 0 Å². The average Bonchev–Trinajstić information content (AvgIpc) is 3.39. The average molecular weight is 1120 g/mol. The standard InChI is InChI=1S/C41H71NO34/c1-2-10(47)27(28(12(49)4-43)69-36(65)35(63)64)71-40-25(60)30(33(29(72-40)13(50)5-44)76-38-23(58)18(53)17(52)16(7-46)68-38)73-41-32(75-39-24(59)19(54)20(55)31(74-39)34(61)62)22(57)21(56)26(70-41)14(51)8-66-37-9(42)3-11(48)15(6-45)67-37/h9-33,36-41,43-60,65H,2-8,42H2,1H3,(H,61,62)(H,63,64)/t9?,10?,11-,12?,13?,14?,15?,16?,17+,18?,19?,20-,21-,22?,23?,24?,25?,26?,27-,28?,29?,30?,31?,32?,33-,36?,37+,38-,39-,40-,41+/m0/s1. The highest BCUT2D eigenvalue weighted by Crippen LogP contribution is 2.38. The number of aliphatic hydroxyl groups excluding tert-OH is 19. The van der Waals surface area contributed by atoms with Crippen LogP contribution in [-0.2, 0) is 61.7 Å². The van der Waals surface area contributed by atoms with E-state index in [0.29, 0.717) is 0 Å². The number of carboxylic acid groups (broad SMARTS) is 2. The third-order valence-corrected chi connectivity index (χ3v) is 13.3. The molecule has 20 unspecified atom stereocenters. The smallest absolute Gasteiger partial charge is 0.360 e. The fourth-order valence-electron chi connectivity index (χ4n) is 8.93. The van der Waals surface area contributed by atoms with Crippen molar-refractivity contribution in [3.63, 3.8) is 0 Å². The molecule has 0 bridgehead atoms. The summed E-state index contributed by atoms with van der Waals surface area (Å²) in [6, 6.07) is -1.09. The van der Waals surface area contributed by atoms with Crippen molar-refractivity contribution in [1.29, 1.82) is 0 Å². The van der Waals surface area contributed by atoms with E-state index in [1.54, 1.807) is 0 Å². The molecule has 5 aliphatic heterocycles. The molecule has 23 N–H and O–H groups in total. The molecule has 5 heterocycles. The van der Waals surface area contributed by atoms with Crippen molar-refractivity contribution in [2.45, 2.75) is 210 Å². The number of aliphatic carboxylic acids is 2. The minimum absolute atomic E-state index is 0.180. The highest BCUT2D eigenvalue weighted by Gasteiger charge is 2.59. The SMILES string of the molecule is CCC(O)[C@H](O[C@H]1OC(C(O)CO)[C@H](O[C@@H]2OC(CO)[C@@H](O)C(O)C2O)C(O[C@H]2OC(C(O)CO[C@@H]3OC(CO)[C@@H](O)CC3N)[C@@H](O)C(O)C2O[C@@H]2OC(C(=O)O)[C@@H](O)C(O)C2O)C1O)C(OC(O)C(=O)O)C(O)CO.